The van der Waals surface area contributed by atoms with Crippen molar-refractivity contribution in [1.29, 1.82) is 0 Å². The third-order valence-electron chi connectivity index (χ3n) is 6.26. The highest BCUT2D eigenvalue weighted by molar-refractivity contribution is 6.30. The Morgan fingerprint density at radius 3 is 2.31 bits per heavy atom. The number of aromatic nitrogens is 2. The molecule has 1 N–H and O–H groups in total. The lowest BCUT2D eigenvalue weighted by Gasteiger charge is -2.35. The van der Waals surface area contributed by atoms with Crippen LogP contribution in [0.15, 0.2) is 83.0 Å². The lowest BCUT2D eigenvalue weighted by atomic mass is 9.94. The van der Waals surface area contributed by atoms with Gasteiger partial charge in [0.25, 0.3) is 5.89 Å². The van der Waals surface area contributed by atoms with Gasteiger partial charge in [0, 0.05) is 16.3 Å². The summed E-state index contributed by atoms with van der Waals surface area (Å²) in [5, 5.41) is 7.98. The molecule has 35 heavy (non-hydrogen) atoms. The smallest absolute Gasteiger partial charge is 0.326 e. The third kappa shape index (κ3) is 4.45. The molecule has 0 radical (unpaired) electrons. The predicted octanol–water partition coefficient (Wildman–Crippen LogP) is 6.96. The summed E-state index contributed by atoms with van der Waals surface area (Å²) in [7, 11) is 0. The first-order valence-electron chi connectivity index (χ1n) is 11.5. The van der Waals surface area contributed by atoms with Crippen molar-refractivity contribution in [2.75, 3.05) is 4.90 Å². The molecule has 1 unspecified atom stereocenters. The summed E-state index contributed by atoms with van der Waals surface area (Å²) in [4.78, 5) is 19.7. The predicted molar refractivity (Wildman–Crippen MR) is 138 cm³/mol. The number of halogens is 1. The first kappa shape index (κ1) is 22.9. The second-order valence-electron chi connectivity index (χ2n) is 8.58. The number of hydrogen-bond acceptors (Lipinski definition) is 4. The van der Waals surface area contributed by atoms with E-state index in [9.17, 15) is 4.79 Å². The summed E-state index contributed by atoms with van der Waals surface area (Å²) in [5.41, 5.74) is 6.30. The molecule has 0 aliphatic carbocycles. The second kappa shape index (κ2) is 9.39. The van der Waals surface area contributed by atoms with Crippen molar-refractivity contribution in [3.05, 3.63) is 106 Å². The van der Waals surface area contributed by atoms with Gasteiger partial charge in [-0.1, -0.05) is 77.8 Å². The van der Waals surface area contributed by atoms with Crippen LogP contribution in [0, 0.1) is 6.92 Å². The molecule has 1 aromatic heterocycles. The van der Waals surface area contributed by atoms with Gasteiger partial charge in [-0.25, -0.2) is 4.79 Å². The Hall–Kier alpha value is -3.90. The molecule has 0 fully saturated rings. The molecule has 3 aromatic carbocycles. The highest BCUT2D eigenvalue weighted by Gasteiger charge is 2.36. The molecule has 2 heterocycles. The van der Waals surface area contributed by atoms with Gasteiger partial charge in [-0.05, 0) is 55.7 Å². The number of rotatable bonds is 5. The number of allylic oxidation sites excluding steroid dienone is 1. The minimum atomic E-state index is -0.475. The summed E-state index contributed by atoms with van der Waals surface area (Å²) in [6.07, 6.45) is 0.926. The molecule has 176 valence electrons. The van der Waals surface area contributed by atoms with E-state index in [1.807, 2.05) is 74.5 Å². The number of benzene rings is 3. The van der Waals surface area contributed by atoms with E-state index >= 15 is 0 Å². The number of aryl methyl sites for hydroxylation is 2. The van der Waals surface area contributed by atoms with Gasteiger partial charge in [-0.2, -0.15) is 4.98 Å². The van der Waals surface area contributed by atoms with Crippen LogP contribution in [0.4, 0.5) is 10.5 Å². The number of carbonyl (C=O) groups is 1. The molecule has 0 bridgehead atoms. The lowest BCUT2D eigenvalue weighted by molar-refractivity contribution is 0.244. The van der Waals surface area contributed by atoms with Crippen LogP contribution in [0.5, 0.6) is 0 Å². The molecule has 6 nitrogen and oxygen atoms in total. The average molecular weight is 485 g/mol. The molecule has 2 amide bonds. The maximum Gasteiger partial charge on any atom is 0.326 e. The Kier molecular flexibility index (Phi) is 6.14. The van der Waals surface area contributed by atoms with Crippen LogP contribution in [0.1, 0.15) is 42.5 Å². The van der Waals surface area contributed by atoms with Crippen molar-refractivity contribution in [2.24, 2.45) is 0 Å². The van der Waals surface area contributed by atoms with Gasteiger partial charge in [0.1, 0.15) is 0 Å². The van der Waals surface area contributed by atoms with E-state index in [0.717, 1.165) is 40.1 Å². The lowest BCUT2D eigenvalue weighted by Crippen LogP contribution is -2.46. The Morgan fingerprint density at radius 2 is 1.66 bits per heavy atom. The molecule has 0 spiro atoms. The molecule has 1 atom stereocenters. The summed E-state index contributed by atoms with van der Waals surface area (Å²) < 4.78 is 5.77. The van der Waals surface area contributed by atoms with Crippen molar-refractivity contribution in [1.82, 2.24) is 15.5 Å². The molecule has 4 aromatic rings. The number of amides is 2. The van der Waals surface area contributed by atoms with Crippen LogP contribution in [0.3, 0.4) is 0 Å². The normalized spacial score (nSPS) is 15.9. The fraction of sp³-hybridized carbons (Fsp3) is 0.179. The Morgan fingerprint density at radius 1 is 0.971 bits per heavy atom. The zero-order valence-electron chi connectivity index (χ0n) is 19.7. The number of urea groups is 1. The van der Waals surface area contributed by atoms with Gasteiger partial charge in [0.05, 0.1) is 17.3 Å². The Bertz CT molecular complexity index is 1390. The summed E-state index contributed by atoms with van der Waals surface area (Å²) in [6, 6.07) is 22.6. The standard InChI is InChI=1S/C28H25ClN4O2/c1-4-19-7-15-23(16-8-19)33-18(3)24(25(30-28(33)34)20-11-13-22(29)14-12-20)27-31-26(32-35-27)21-9-5-17(2)6-10-21/h5-16,25H,4H2,1-3H3,(H,30,34). The number of nitrogens with zero attached hydrogens (tertiary/aromatic N) is 3. The van der Waals surface area contributed by atoms with Gasteiger partial charge < -0.3 is 9.84 Å². The fourth-order valence-electron chi connectivity index (χ4n) is 4.27. The van der Waals surface area contributed by atoms with E-state index in [2.05, 4.69) is 17.4 Å². The van der Waals surface area contributed by atoms with Crippen molar-refractivity contribution in [3.8, 4) is 11.4 Å². The highest BCUT2D eigenvalue weighted by atomic mass is 35.5. The average Bonchev–Trinajstić information content (AvgIpc) is 3.35. The van der Waals surface area contributed by atoms with Gasteiger partial charge in [-0.3, -0.25) is 4.90 Å². The van der Waals surface area contributed by atoms with Gasteiger partial charge >= 0.3 is 6.03 Å². The minimum absolute atomic E-state index is 0.228. The van der Waals surface area contributed by atoms with E-state index in [0.29, 0.717) is 16.7 Å². The summed E-state index contributed by atoms with van der Waals surface area (Å²) >= 11 is 6.12. The zero-order valence-corrected chi connectivity index (χ0v) is 20.5. The van der Waals surface area contributed by atoms with E-state index < -0.39 is 6.04 Å². The van der Waals surface area contributed by atoms with Crippen LogP contribution in [0.25, 0.3) is 17.0 Å². The monoisotopic (exact) mass is 484 g/mol. The topological polar surface area (TPSA) is 71.3 Å². The Labute approximate surface area is 209 Å². The van der Waals surface area contributed by atoms with Gasteiger partial charge in [0.2, 0.25) is 5.82 Å². The molecular weight excluding hydrogens is 460 g/mol. The van der Waals surface area contributed by atoms with E-state index in [4.69, 9.17) is 21.1 Å². The SMILES string of the molecule is CCc1ccc(N2C(=O)NC(c3ccc(Cl)cc3)C(c3nc(-c4ccc(C)cc4)no3)=C2C)cc1. The molecule has 7 heteroatoms. The Balaban J connectivity index is 1.63. The summed E-state index contributed by atoms with van der Waals surface area (Å²) in [6.45, 7) is 6.03. The molecule has 1 aliphatic rings. The van der Waals surface area contributed by atoms with Crippen molar-refractivity contribution < 1.29 is 9.32 Å². The van der Waals surface area contributed by atoms with Crippen LogP contribution in [0.2, 0.25) is 5.02 Å². The largest absolute Gasteiger partial charge is 0.334 e. The molecule has 0 saturated heterocycles. The van der Waals surface area contributed by atoms with Crippen LogP contribution < -0.4 is 10.2 Å². The minimum Gasteiger partial charge on any atom is -0.334 e. The van der Waals surface area contributed by atoms with Crippen LogP contribution >= 0.6 is 11.6 Å². The second-order valence-corrected chi connectivity index (χ2v) is 9.01. The van der Waals surface area contributed by atoms with E-state index in [1.54, 1.807) is 17.0 Å². The first-order valence-corrected chi connectivity index (χ1v) is 11.9. The van der Waals surface area contributed by atoms with Crippen LogP contribution in [-0.2, 0) is 6.42 Å². The highest BCUT2D eigenvalue weighted by Crippen LogP contribution is 2.39. The molecule has 1 aliphatic heterocycles. The first-order chi connectivity index (χ1) is 16.9. The number of hydrogen-bond donors (Lipinski definition) is 1. The molecule has 0 saturated carbocycles. The van der Waals surface area contributed by atoms with Crippen molar-refractivity contribution in [2.45, 2.75) is 33.2 Å². The number of anilines is 1. The van der Waals surface area contributed by atoms with E-state index in [1.165, 1.54) is 5.56 Å². The van der Waals surface area contributed by atoms with Gasteiger partial charge in [-0.15, -0.1) is 0 Å². The van der Waals surface area contributed by atoms with Crippen LogP contribution in [-0.4, -0.2) is 16.2 Å². The fourth-order valence-corrected chi connectivity index (χ4v) is 4.40. The van der Waals surface area contributed by atoms with E-state index in [-0.39, 0.29) is 6.03 Å². The maximum atomic E-state index is 13.3. The molecular formula is C28H25ClN4O2. The zero-order chi connectivity index (χ0) is 24.5. The quantitative estimate of drug-likeness (QED) is 0.332. The maximum absolute atomic E-state index is 13.3. The molecule has 5 rings (SSSR count). The summed E-state index contributed by atoms with van der Waals surface area (Å²) in [5.74, 6) is 0.846. The third-order valence-corrected chi connectivity index (χ3v) is 6.51. The van der Waals surface area contributed by atoms with Crippen molar-refractivity contribution >= 4 is 28.9 Å². The number of nitrogens with one attached hydrogen (secondary N) is 1. The van der Waals surface area contributed by atoms with Gasteiger partial charge in [0.15, 0.2) is 0 Å². The van der Waals surface area contributed by atoms with Crippen molar-refractivity contribution in [3.63, 3.8) is 0 Å². The number of carbonyl (C=O) groups excluding carboxylic acids is 1.